The molecule has 0 aliphatic carbocycles. The van der Waals surface area contributed by atoms with Crippen LogP contribution in [0.1, 0.15) is 22.3 Å². The average molecular weight is 414 g/mol. The zero-order valence-corrected chi connectivity index (χ0v) is 16.8. The fourth-order valence-corrected chi connectivity index (χ4v) is 3.35. The zero-order chi connectivity index (χ0) is 22.0. The molecule has 3 aromatic carbocycles. The van der Waals surface area contributed by atoms with Crippen molar-refractivity contribution in [2.75, 3.05) is 4.90 Å². The number of nitrogens with one attached hydrogen (secondary N) is 1. The number of halogens is 1. The van der Waals surface area contributed by atoms with Gasteiger partial charge < -0.3 is 0 Å². The van der Waals surface area contributed by atoms with Crippen molar-refractivity contribution >= 4 is 29.6 Å². The lowest BCUT2D eigenvalue weighted by Gasteiger charge is -2.26. The Hall–Kier alpha value is -4.06. The lowest BCUT2D eigenvalue weighted by atomic mass is 10.0. The second kappa shape index (κ2) is 8.36. The van der Waals surface area contributed by atoms with Gasteiger partial charge in [0.15, 0.2) is 0 Å². The van der Waals surface area contributed by atoms with Crippen LogP contribution < -0.4 is 10.2 Å². The van der Waals surface area contributed by atoms with E-state index >= 15 is 0 Å². The highest BCUT2D eigenvalue weighted by Gasteiger charge is 2.36. The van der Waals surface area contributed by atoms with Crippen molar-refractivity contribution < 1.29 is 18.8 Å². The van der Waals surface area contributed by atoms with Gasteiger partial charge in [-0.3, -0.25) is 14.9 Å². The highest BCUT2D eigenvalue weighted by molar-refractivity contribution is 6.39. The quantitative estimate of drug-likeness (QED) is 0.509. The van der Waals surface area contributed by atoms with Gasteiger partial charge in [0.25, 0.3) is 11.8 Å². The number of rotatable bonds is 4. The molecular formula is C25H19FN2O3. The number of nitrogens with zero attached hydrogens (tertiary/aromatic N) is 1. The molecule has 1 heterocycles. The van der Waals surface area contributed by atoms with Gasteiger partial charge in [0.2, 0.25) is 0 Å². The smallest absolute Gasteiger partial charge is 0.273 e. The first-order valence-electron chi connectivity index (χ1n) is 9.73. The molecule has 0 bridgehead atoms. The van der Waals surface area contributed by atoms with Gasteiger partial charge in [-0.25, -0.2) is 14.1 Å². The Morgan fingerprint density at radius 3 is 2.26 bits per heavy atom. The molecule has 6 heteroatoms. The third-order valence-corrected chi connectivity index (χ3v) is 5.04. The van der Waals surface area contributed by atoms with Crippen LogP contribution in [0.5, 0.6) is 0 Å². The molecule has 4 rings (SSSR count). The Kier molecular flexibility index (Phi) is 5.45. The molecule has 4 amide bonds. The van der Waals surface area contributed by atoms with E-state index in [2.05, 4.69) is 5.32 Å². The maximum absolute atomic E-state index is 13.9. The van der Waals surface area contributed by atoms with E-state index in [1.54, 1.807) is 54.6 Å². The van der Waals surface area contributed by atoms with E-state index in [0.717, 1.165) is 16.0 Å². The van der Waals surface area contributed by atoms with Gasteiger partial charge in [-0.2, -0.15) is 0 Å². The summed E-state index contributed by atoms with van der Waals surface area (Å²) in [7, 11) is 0. The van der Waals surface area contributed by atoms with Crippen molar-refractivity contribution in [2.24, 2.45) is 0 Å². The van der Waals surface area contributed by atoms with Crippen LogP contribution in [-0.2, 0) is 16.0 Å². The first kappa shape index (κ1) is 20.2. The fourth-order valence-electron chi connectivity index (χ4n) is 3.35. The average Bonchev–Trinajstić information content (AvgIpc) is 2.75. The highest BCUT2D eigenvalue weighted by atomic mass is 19.1. The summed E-state index contributed by atoms with van der Waals surface area (Å²) in [6.45, 7) is 1.90. The van der Waals surface area contributed by atoms with Gasteiger partial charge in [0, 0.05) is 6.42 Å². The molecule has 1 fully saturated rings. The molecule has 0 unspecified atom stereocenters. The molecule has 5 nitrogen and oxygen atoms in total. The lowest BCUT2D eigenvalue weighted by Crippen LogP contribution is -2.54. The molecule has 1 saturated heterocycles. The Morgan fingerprint density at radius 2 is 1.58 bits per heavy atom. The van der Waals surface area contributed by atoms with E-state index < -0.39 is 17.8 Å². The summed E-state index contributed by atoms with van der Waals surface area (Å²) < 4.78 is 13.9. The van der Waals surface area contributed by atoms with Gasteiger partial charge in [0.1, 0.15) is 11.4 Å². The fraction of sp³-hybridized carbons (Fsp3) is 0.0800. The standard InChI is InChI=1S/C25H19FN2O3/c1-16-6-12-20(13-7-16)28-24(30)21(23(29)27-25(28)31)15-18-10-8-17(9-11-18)14-19-4-2-3-5-22(19)26/h2-13,15H,14H2,1H3,(H,27,29,31)/b21-15+. The highest BCUT2D eigenvalue weighted by Crippen LogP contribution is 2.23. The summed E-state index contributed by atoms with van der Waals surface area (Å²) in [5, 5.41) is 2.21. The van der Waals surface area contributed by atoms with Crippen LogP contribution >= 0.6 is 0 Å². The van der Waals surface area contributed by atoms with Crippen molar-refractivity contribution in [1.82, 2.24) is 5.32 Å². The molecule has 0 saturated carbocycles. The molecule has 0 atom stereocenters. The molecule has 0 spiro atoms. The maximum atomic E-state index is 13.9. The van der Waals surface area contributed by atoms with Crippen LogP contribution in [0.4, 0.5) is 14.9 Å². The minimum atomic E-state index is -0.781. The summed E-state index contributed by atoms with van der Waals surface area (Å²) in [5.41, 5.74) is 3.32. The van der Waals surface area contributed by atoms with Crippen molar-refractivity contribution in [2.45, 2.75) is 13.3 Å². The van der Waals surface area contributed by atoms with E-state index in [1.807, 2.05) is 19.1 Å². The summed E-state index contributed by atoms with van der Waals surface area (Å²) >= 11 is 0. The van der Waals surface area contributed by atoms with Gasteiger partial charge >= 0.3 is 6.03 Å². The van der Waals surface area contributed by atoms with Crippen LogP contribution in [0, 0.1) is 12.7 Å². The molecule has 1 N–H and O–H groups in total. The number of hydrogen-bond donors (Lipinski definition) is 1. The number of benzene rings is 3. The number of hydrogen-bond acceptors (Lipinski definition) is 3. The second-order valence-corrected chi connectivity index (χ2v) is 7.30. The number of carbonyl (C=O) groups is 3. The molecule has 31 heavy (non-hydrogen) atoms. The predicted molar refractivity (Wildman–Crippen MR) is 116 cm³/mol. The summed E-state index contributed by atoms with van der Waals surface area (Å²) in [5.74, 6) is -1.69. The number of carbonyl (C=O) groups excluding carboxylic acids is 3. The predicted octanol–water partition coefficient (Wildman–Crippen LogP) is 4.39. The van der Waals surface area contributed by atoms with E-state index in [1.165, 1.54) is 12.1 Å². The third kappa shape index (κ3) is 4.28. The number of imide groups is 2. The van der Waals surface area contributed by atoms with E-state index in [4.69, 9.17) is 0 Å². The Morgan fingerprint density at radius 1 is 0.903 bits per heavy atom. The Bertz CT molecular complexity index is 1200. The van der Waals surface area contributed by atoms with Crippen LogP contribution in [0.25, 0.3) is 6.08 Å². The van der Waals surface area contributed by atoms with Gasteiger partial charge in [-0.05, 0) is 47.9 Å². The lowest BCUT2D eigenvalue weighted by molar-refractivity contribution is -0.122. The SMILES string of the molecule is Cc1ccc(N2C(=O)NC(=O)/C(=C\c3ccc(Cc4ccccc4F)cc3)C2=O)cc1. The first-order chi connectivity index (χ1) is 14.9. The number of amides is 4. The summed E-state index contributed by atoms with van der Waals surface area (Å²) in [4.78, 5) is 38.4. The third-order valence-electron chi connectivity index (χ3n) is 5.04. The van der Waals surface area contributed by atoms with Crippen LogP contribution in [-0.4, -0.2) is 17.8 Å². The van der Waals surface area contributed by atoms with Crippen molar-refractivity contribution in [3.63, 3.8) is 0 Å². The van der Waals surface area contributed by atoms with Crippen LogP contribution in [0.2, 0.25) is 0 Å². The monoisotopic (exact) mass is 414 g/mol. The number of anilines is 1. The van der Waals surface area contributed by atoms with Crippen LogP contribution in [0.15, 0.2) is 78.4 Å². The number of aryl methyl sites for hydroxylation is 1. The van der Waals surface area contributed by atoms with Crippen molar-refractivity contribution in [3.05, 3.63) is 106 Å². The topological polar surface area (TPSA) is 66.5 Å². The number of barbiturate groups is 1. The van der Waals surface area contributed by atoms with Gasteiger partial charge in [-0.1, -0.05) is 60.2 Å². The summed E-state index contributed by atoms with van der Waals surface area (Å²) in [6, 6.07) is 19.8. The van der Waals surface area contributed by atoms with E-state index in [9.17, 15) is 18.8 Å². The minimum Gasteiger partial charge on any atom is -0.273 e. The minimum absolute atomic E-state index is 0.137. The Labute approximate surface area is 178 Å². The molecular weight excluding hydrogens is 395 g/mol. The largest absolute Gasteiger partial charge is 0.335 e. The molecule has 154 valence electrons. The van der Waals surface area contributed by atoms with Gasteiger partial charge in [0.05, 0.1) is 5.69 Å². The van der Waals surface area contributed by atoms with E-state index in [0.29, 0.717) is 23.2 Å². The van der Waals surface area contributed by atoms with Crippen molar-refractivity contribution in [1.29, 1.82) is 0 Å². The van der Waals surface area contributed by atoms with Gasteiger partial charge in [-0.15, -0.1) is 0 Å². The summed E-state index contributed by atoms with van der Waals surface area (Å²) in [6.07, 6.45) is 1.87. The molecule has 0 radical (unpaired) electrons. The van der Waals surface area contributed by atoms with Crippen molar-refractivity contribution in [3.8, 4) is 0 Å². The van der Waals surface area contributed by atoms with Crippen LogP contribution in [0.3, 0.4) is 0 Å². The maximum Gasteiger partial charge on any atom is 0.335 e. The molecule has 3 aromatic rings. The molecule has 0 aromatic heterocycles. The normalized spacial score (nSPS) is 15.4. The molecule has 1 aliphatic rings. The number of urea groups is 1. The van der Waals surface area contributed by atoms with E-state index in [-0.39, 0.29) is 11.4 Å². The second-order valence-electron chi connectivity index (χ2n) is 7.30. The molecule has 1 aliphatic heterocycles. The first-order valence-corrected chi connectivity index (χ1v) is 9.73. The Balaban J connectivity index is 1.58. The zero-order valence-electron chi connectivity index (χ0n) is 16.8.